The first-order valence-corrected chi connectivity index (χ1v) is 8.76. The predicted octanol–water partition coefficient (Wildman–Crippen LogP) is 1.63. The summed E-state index contributed by atoms with van der Waals surface area (Å²) < 4.78 is 11.8. The van der Waals surface area contributed by atoms with Crippen LogP contribution in [0.4, 0.5) is 0 Å². The molecule has 1 saturated heterocycles. The van der Waals surface area contributed by atoms with Gasteiger partial charge in [0.15, 0.2) is 23.4 Å². The van der Waals surface area contributed by atoms with Gasteiger partial charge in [-0.25, -0.2) is 0 Å². The van der Waals surface area contributed by atoms with Crippen molar-refractivity contribution in [3.8, 4) is 11.5 Å². The van der Waals surface area contributed by atoms with Crippen LogP contribution < -0.4 is 9.47 Å². The monoisotopic (exact) mass is 345 g/mol. The van der Waals surface area contributed by atoms with Gasteiger partial charge >= 0.3 is 0 Å². The van der Waals surface area contributed by atoms with E-state index in [1.807, 2.05) is 6.07 Å². The summed E-state index contributed by atoms with van der Waals surface area (Å²) in [4.78, 5) is 23.5. The smallest absolute Gasteiger partial charge is 0.290 e. The van der Waals surface area contributed by atoms with Crippen molar-refractivity contribution in [1.82, 2.24) is 4.90 Å². The van der Waals surface area contributed by atoms with Crippen LogP contribution in [0.15, 0.2) is 12.1 Å². The number of piperidine rings is 1. The molecule has 1 N–H and O–H groups in total. The summed E-state index contributed by atoms with van der Waals surface area (Å²) in [5.41, 5.74) is 2.57. The summed E-state index contributed by atoms with van der Waals surface area (Å²) in [5, 5.41) is 6.89. The van der Waals surface area contributed by atoms with E-state index in [1.165, 1.54) is 11.1 Å². The van der Waals surface area contributed by atoms with Crippen molar-refractivity contribution < 1.29 is 24.2 Å². The first kappa shape index (κ1) is 16.4. The van der Waals surface area contributed by atoms with E-state index in [4.69, 9.17) is 19.4 Å². The second kappa shape index (κ2) is 5.73. The van der Waals surface area contributed by atoms with Crippen molar-refractivity contribution in [1.29, 1.82) is 0 Å². The number of carbonyl (C=O) groups is 2. The molecule has 4 aliphatic rings. The predicted molar refractivity (Wildman–Crippen MR) is 90.3 cm³/mol. The summed E-state index contributed by atoms with van der Waals surface area (Å²) in [6.07, 6.45) is 3.47. The Morgan fingerprint density at radius 2 is 2.20 bits per heavy atom. The molecule has 6 heteroatoms. The Kier molecular flexibility index (Phi) is 3.76. The van der Waals surface area contributed by atoms with Gasteiger partial charge in [-0.3, -0.25) is 9.59 Å². The number of carboxylic acid groups (broad SMARTS) is 1. The number of methoxy groups -OCH3 is 1. The third kappa shape index (κ3) is 2.00. The second-order valence-corrected chi connectivity index (χ2v) is 7.39. The first-order valence-electron chi connectivity index (χ1n) is 8.76. The maximum atomic E-state index is 12.6. The Labute approximate surface area is 146 Å². The van der Waals surface area contributed by atoms with Crippen LogP contribution >= 0.6 is 0 Å². The molecule has 6 nitrogen and oxygen atoms in total. The van der Waals surface area contributed by atoms with Gasteiger partial charge in [0.1, 0.15) is 0 Å². The molecule has 0 unspecified atom stereocenters. The lowest BCUT2D eigenvalue weighted by molar-refractivity contribution is -0.138. The Hall–Kier alpha value is -2.08. The minimum Gasteiger partial charge on any atom is -0.493 e. The van der Waals surface area contributed by atoms with Crippen LogP contribution in [0, 0.1) is 5.92 Å². The van der Waals surface area contributed by atoms with Gasteiger partial charge in [-0.15, -0.1) is 0 Å². The molecule has 1 saturated carbocycles. The van der Waals surface area contributed by atoms with Gasteiger partial charge in [0, 0.05) is 23.4 Å². The van der Waals surface area contributed by atoms with E-state index in [2.05, 4.69) is 18.0 Å². The largest absolute Gasteiger partial charge is 0.493 e. The van der Waals surface area contributed by atoms with Crippen molar-refractivity contribution in [2.75, 3.05) is 20.7 Å². The van der Waals surface area contributed by atoms with Crippen LogP contribution in [0.5, 0.6) is 11.5 Å². The molecule has 2 fully saturated rings. The number of ketones is 1. The summed E-state index contributed by atoms with van der Waals surface area (Å²) in [5.74, 6) is 2.46. The van der Waals surface area contributed by atoms with Crippen molar-refractivity contribution in [2.24, 2.45) is 5.92 Å². The Balaban J connectivity index is 0.000000490. The highest BCUT2D eigenvalue weighted by Gasteiger charge is 2.65. The van der Waals surface area contributed by atoms with Gasteiger partial charge in [-0.2, -0.15) is 0 Å². The van der Waals surface area contributed by atoms with Crippen LogP contribution in [0.25, 0.3) is 0 Å². The van der Waals surface area contributed by atoms with Crippen LogP contribution in [0.1, 0.15) is 30.4 Å². The fourth-order valence-electron chi connectivity index (χ4n) is 5.67. The number of rotatable bonds is 1. The van der Waals surface area contributed by atoms with Crippen LogP contribution in [0.2, 0.25) is 0 Å². The maximum absolute atomic E-state index is 12.6. The molecule has 0 amide bonds. The number of likely N-dealkylation sites (N-methyl/N-ethyl adjacent to an activating group) is 1. The highest BCUT2D eigenvalue weighted by molar-refractivity contribution is 5.89. The third-order valence-corrected chi connectivity index (χ3v) is 6.59. The molecule has 1 aromatic rings. The number of likely N-dealkylation sites (tertiary alicyclic amines) is 1. The Morgan fingerprint density at radius 3 is 2.92 bits per heavy atom. The standard InChI is InChI=1S/C18H21NO3.CH2O2/c1-19-8-7-18-11-4-5-13(20)17(18)22-16-14(21-2)6-3-10(15(16)18)9-12(11)19;2-1-3/h3,6,11-12,17H,4-5,7-9H2,1-2H3;1H,(H,2,3)/t11-,12+,17-,18-;/m0./s1. The molecule has 2 aliphatic heterocycles. The number of benzene rings is 1. The zero-order valence-electron chi connectivity index (χ0n) is 14.5. The minimum absolute atomic E-state index is 0.0933. The van der Waals surface area contributed by atoms with Gasteiger partial charge < -0.3 is 19.5 Å². The van der Waals surface area contributed by atoms with E-state index in [1.54, 1.807) is 7.11 Å². The summed E-state index contributed by atoms with van der Waals surface area (Å²) >= 11 is 0. The van der Waals surface area contributed by atoms with E-state index in [-0.39, 0.29) is 23.8 Å². The number of hydrogen-bond acceptors (Lipinski definition) is 5. The quantitative estimate of drug-likeness (QED) is 0.780. The SMILES string of the molecule is COc1ccc2c3c1O[C@H]1C(=O)CC[C@H]4[C@@H](C2)N(C)CC[C@]314.O=CO. The van der Waals surface area contributed by atoms with Crippen molar-refractivity contribution in [3.63, 3.8) is 0 Å². The highest BCUT2D eigenvalue weighted by atomic mass is 16.5. The molecular formula is C19H23NO5. The third-order valence-electron chi connectivity index (χ3n) is 6.59. The van der Waals surface area contributed by atoms with Crippen LogP contribution in [-0.2, 0) is 21.4 Å². The molecule has 25 heavy (non-hydrogen) atoms. The average Bonchev–Trinajstić information content (AvgIpc) is 2.96. The molecule has 2 aliphatic carbocycles. The van der Waals surface area contributed by atoms with E-state index in [9.17, 15) is 4.79 Å². The Morgan fingerprint density at radius 1 is 1.44 bits per heavy atom. The molecule has 2 heterocycles. The van der Waals surface area contributed by atoms with E-state index >= 15 is 0 Å². The molecule has 134 valence electrons. The summed E-state index contributed by atoms with van der Waals surface area (Å²) in [6, 6.07) is 4.73. The van der Waals surface area contributed by atoms with Gasteiger partial charge in [0.05, 0.1) is 7.11 Å². The molecular weight excluding hydrogens is 322 g/mol. The fraction of sp³-hybridized carbons (Fsp3) is 0.579. The maximum Gasteiger partial charge on any atom is 0.290 e. The zero-order chi connectivity index (χ0) is 17.8. The fourth-order valence-corrected chi connectivity index (χ4v) is 5.67. The summed E-state index contributed by atoms with van der Waals surface area (Å²) in [6.45, 7) is 0.796. The molecule has 0 aromatic heterocycles. The van der Waals surface area contributed by atoms with Gasteiger partial charge in [0.2, 0.25) is 0 Å². The van der Waals surface area contributed by atoms with Crippen LogP contribution in [0.3, 0.4) is 0 Å². The lowest BCUT2D eigenvalue weighted by Crippen LogP contribution is -2.65. The van der Waals surface area contributed by atoms with Crippen LogP contribution in [-0.4, -0.2) is 55.1 Å². The molecule has 4 atom stereocenters. The van der Waals surface area contributed by atoms with E-state index < -0.39 is 0 Å². The van der Waals surface area contributed by atoms with Gasteiger partial charge in [0.25, 0.3) is 6.47 Å². The summed E-state index contributed by atoms with van der Waals surface area (Å²) in [7, 11) is 3.91. The number of ether oxygens (including phenoxy) is 2. The molecule has 0 radical (unpaired) electrons. The topological polar surface area (TPSA) is 76.1 Å². The van der Waals surface area contributed by atoms with Gasteiger partial charge in [-0.05, 0) is 50.4 Å². The van der Waals surface area contributed by atoms with Crippen molar-refractivity contribution in [2.45, 2.75) is 43.2 Å². The number of Topliss-reactive ketones (excluding diaryl/α,β-unsaturated/α-hetero) is 1. The van der Waals surface area contributed by atoms with Crippen molar-refractivity contribution >= 4 is 12.3 Å². The van der Waals surface area contributed by atoms with Crippen molar-refractivity contribution in [3.05, 3.63) is 23.3 Å². The zero-order valence-corrected chi connectivity index (χ0v) is 14.5. The lowest BCUT2D eigenvalue weighted by atomic mass is 9.52. The minimum atomic E-state index is -0.284. The number of hydrogen-bond donors (Lipinski definition) is 1. The molecule has 1 aromatic carbocycles. The Bertz CT molecular complexity index is 733. The first-order chi connectivity index (χ1) is 12.1. The van der Waals surface area contributed by atoms with E-state index in [0.29, 0.717) is 18.4 Å². The number of carbonyl (C=O) groups excluding carboxylic acids is 1. The molecule has 5 rings (SSSR count). The average molecular weight is 345 g/mol. The normalized spacial score (nSPS) is 34.3. The molecule has 2 bridgehead atoms. The second-order valence-electron chi connectivity index (χ2n) is 7.39. The highest BCUT2D eigenvalue weighted by Crippen LogP contribution is 2.62. The van der Waals surface area contributed by atoms with E-state index in [0.717, 1.165) is 37.3 Å². The molecule has 1 spiro atoms. The van der Waals surface area contributed by atoms with Gasteiger partial charge in [-0.1, -0.05) is 6.07 Å². The lowest BCUT2D eigenvalue weighted by Gasteiger charge is -2.57. The number of nitrogens with zero attached hydrogens (tertiary/aromatic N) is 1.